The highest BCUT2D eigenvalue weighted by Gasteiger charge is 2.22. The lowest BCUT2D eigenvalue weighted by Crippen LogP contribution is -2.37. The molecule has 1 unspecified atom stereocenters. The molecule has 0 aromatic carbocycles. The molecule has 2 rings (SSSR count). The van der Waals surface area contributed by atoms with Gasteiger partial charge in [-0.05, 0) is 37.6 Å². The van der Waals surface area contributed by atoms with Gasteiger partial charge in [-0.15, -0.1) is 0 Å². The molecule has 1 saturated heterocycles. The molecule has 4 nitrogen and oxygen atoms in total. The molecule has 0 bridgehead atoms. The lowest BCUT2D eigenvalue weighted by Gasteiger charge is -2.26. The highest BCUT2D eigenvalue weighted by Crippen LogP contribution is 2.29. The summed E-state index contributed by atoms with van der Waals surface area (Å²) in [6, 6.07) is 0.160. The molecule has 1 aliphatic carbocycles. The van der Waals surface area contributed by atoms with Gasteiger partial charge in [0, 0.05) is 12.6 Å². The summed E-state index contributed by atoms with van der Waals surface area (Å²) in [5.41, 5.74) is 0. The van der Waals surface area contributed by atoms with Crippen LogP contribution in [0.5, 0.6) is 0 Å². The van der Waals surface area contributed by atoms with Crippen LogP contribution >= 0.6 is 0 Å². The van der Waals surface area contributed by atoms with Crippen LogP contribution in [0.25, 0.3) is 0 Å². The second-order valence-electron chi connectivity index (χ2n) is 6.38. The van der Waals surface area contributed by atoms with E-state index in [0.717, 1.165) is 37.6 Å². The standard InChI is InChI=1S/C14H28N2O2S/c1-12-4-6-13(7-5-12)8-10-16-19(17,18)11-14-3-2-9-15-14/h12-16H,2-11H2,1H3. The summed E-state index contributed by atoms with van der Waals surface area (Å²) >= 11 is 0. The molecule has 1 aliphatic heterocycles. The fourth-order valence-corrected chi connectivity index (χ4v) is 4.62. The van der Waals surface area contributed by atoms with Crippen molar-refractivity contribution in [3.63, 3.8) is 0 Å². The van der Waals surface area contributed by atoms with E-state index < -0.39 is 10.0 Å². The summed E-state index contributed by atoms with van der Waals surface area (Å²) in [4.78, 5) is 0. The van der Waals surface area contributed by atoms with Crippen LogP contribution in [0.15, 0.2) is 0 Å². The molecular formula is C14H28N2O2S. The minimum absolute atomic E-state index is 0.160. The molecule has 2 N–H and O–H groups in total. The molecule has 5 heteroatoms. The second kappa shape index (κ2) is 7.04. The first kappa shape index (κ1) is 15.3. The van der Waals surface area contributed by atoms with Crippen LogP contribution in [0, 0.1) is 11.8 Å². The highest BCUT2D eigenvalue weighted by molar-refractivity contribution is 7.89. The van der Waals surface area contributed by atoms with Crippen molar-refractivity contribution in [3.8, 4) is 0 Å². The molecule has 0 spiro atoms. The maximum absolute atomic E-state index is 11.9. The summed E-state index contributed by atoms with van der Waals surface area (Å²) in [7, 11) is -3.09. The van der Waals surface area contributed by atoms with Gasteiger partial charge < -0.3 is 5.32 Å². The fraction of sp³-hybridized carbons (Fsp3) is 1.00. The first-order valence-electron chi connectivity index (χ1n) is 7.76. The van der Waals surface area contributed by atoms with Crippen LogP contribution < -0.4 is 10.0 Å². The zero-order chi connectivity index (χ0) is 13.7. The average molecular weight is 288 g/mol. The summed E-state index contributed by atoms with van der Waals surface area (Å²) in [6.07, 6.45) is 8.25. The maximum Gasteiger partial charge on any atom is 0.213 e. The third kappa shape index (κ3) is 5.40. The number of rotatable bonds is 6. The minimum Gasteiger partial charge on any atom is -0.313 e. The molecule has 2 aliphatic rings. The van der Waals surface area contributed by atoms with Gasteiger partial charge in [0.2, 0.25) is 10.0 Å². The Kier molecular flexibility index (Phi) is 5.66. The van der Waals surface area contributed by atoms with E-state index in [9.17, 15) is 8.42 Å². The Labute approximate surface area is 117 Å². The van der Waals surface area contributed by atoms with Crippen LogP contribution in [-0.2, 0) is 10.0 Å². The van der Waals surface area contributed by atoms with Crippen molar-refractivity contribution in [2.45, 2.75) is 57.9 Å². The van der Waals surface area contributed by atoms with Gasteiger partial charge in [-0.1, -0.05) is 32.6 Å². The van der Waals surface area contributed by atoms with Gasteiger partial charge in [0.25, 0.3) is 0 Å². The van der Waals surface area contributed by atoms with E-state index in [0.29, 0.717) is 6.54 Å². The first-order chi connectivity index (χ1) is 9.05. The molecule has 19 heavy (non-hydrogen) atoms. The molecule has 1 saturated carbocycles. The zero-order valence-corrected chi connectivity index (χ0v) is 12.8. The maximum atomic E-state index is 11.9. The van der Waals surface area contributed by atoms with E-state index in [1.54, 1.807) is 0 Å². The van der Waals surface area contributed by atoms with Crippen LogP contribution in [-0.4, -0.2) is 33.3 Å². The van der Waals surface area contributed by atoms with Gasteiger partial charge in [-0.3, -0.25) is 0 Å². The van der Waals surface area contributed by atoms with Crippen molar-refractivity contribution in [1.29, 1.82) is 0 Å². The molecule has 2 fully saturated rings. The molecule has 1 atom stereocenters. The number of nitrogens with one attached hydrogen (secondary N) is 2. The van der Waals surface area contributed by atoms with Crippen LogP contribution in [0.4, 0.5) is 0 Å². The smallest absolute Gasteiger partial charge is 0.213 e. The van der Waals surface area contributed by atoms with Gasteiger partial charge in [0.1, 0.15) is 0 Å². The summed E-state index contributed by atoms with van der Waals surface area (Å²) in [6.45, 7) is 3.89. The zero-order valence-electron chi connectivity index (χ0n) is 12.0. The quantitative estimate of drug-likeness (QED) is 0.784. The number of hydrogen-bond donors (Lipinski definition) is 2. The summed E-state index contributed by atoms with van der Waals surface area (Å²) in [5.74, 6) is 1.83. The molecule has 0 aromatic heterocycles. The molecular weight excluding hydrogens is 260 g/mol. The minimum atomic E-state index is -3.09. The monoisotopic (exact) mass is 288 g/mol. The topological polar surface area (TPSA) is 58.2 Å². The number of sulfonamides is 1. The Hall–Kier alpha value is -0.130. The predicted molar refractivity (Wildman–Crippen MR) is 78.6 cm³/mol. The van der Waals surface area contributed by atoms with Gasteiger partial charge in [-0.2, -0.15) is 0 Å². The Morgan fingerprint density at radius 3 is 2.53 bits per heavy atom. The molecule has 0 radical (unpaired) electrons. The predicted octanol–water partition coefficient (Wildman–Crippen LogP) is 1.87. The van der Waals surface area contributed by atoms with E-state index in [-0.39, 0.29) is 11.8 Å². The van der Waals surface area contributed by atoms with Gasteiger partial charge in [-0.25, -0.2) is 13.1 Å². The largest absolute Gasteiger partial charge is 0.313 e. The van der Waals surface area contributed by atoms with E-state index >= 15 is 0 Å². The van der Waals surface area contributed by atoms with Crippen molar-refractivity contribution in [3.05, 3.63) is 0 Å². The van der Waals surface area contributed by atoms with Crippen molar-refractivity contribution in [2.24, 2.45) is 11.8 Å². The first-order valence-corrected chi connectivity index (χ1v) is 9.41. The van der Waals surface area contributed by atoms with Crippen molar-refractivity contribution in [1.82, 2.24) is 10.0 Å². The lowest BCUT2D eigenvalue weighted by atomic mass is 9.81. The Balaban J connectivity index is 1.63. The van der Waals surface area contributed by atoms with Gasteiger partial charge in [0.05, 0.1) is 5.75 Å². The fourth-order valence-electron chi connectivity index (χ4n) is 3.26. The van der Waals surface area contributed by atoms with E-state index in [1.165, 1.54) is 25.7 Å². The van der Waals surface area contributed by atoms with Crippen LogP contribution in [0.1, 0.15) is 51.9 Å². The van der Waals surface area contributed by atoms with E-state index in [4.69, 9.17) is 0 Å². The van der Waals surface area contributed by atoms with Crippen molar-refractivity contribution >= 4 is 10.0 Å². The summed E-state index contributed by atoms with van der Waals surface area (Å²) < 4.78 is 26.6. The van der Waals surface area contributed by atoms with E-state index in [1.807, 2.05) is 0 Å². The van der Waals surface area contributed by atoms with E-state index in [2.05, 4.69) is 17.0 Å². The highest BCUT2D eigenvalue weighted by atomic mass is 32.2. The summed E-state index contributed by atoms with van der Waals surface area (Å²) in [5, 5.41) is 3.24. The van der Waals surface area contributed by atoms with Crippen LogP contribution in [0.3, 0.4) is 0 Å². The Morgan fingerprint density at radius 1 is 1.16 bits per heavy atom. The lowest BCUT2D eigenvalue weighted by molar-refractivity contribution is 0.278. The Bertz CT molecular complexity index is 356. The van der Waals surface area contributed by atoms with Gasteiger partial charge in [0.15, 0.2) is 0 Å². The second-order valence-corrected chi connectivity index (χ2v) is 8.24. The molecule has 0 aromatic rings. The Morgan fingerprint density at radius 2 is 1.89 bits per heavy atom. The molecule has 1 heterocycles. The number of hydrogen-bond acceptors (Lipinski definition) is 3. The SMILES string of the molecule is CC1CCC(CCNS(=O)(=O)CC2CCCN2)CC1. The molecule has 0 amide bonds. The third-order valence-electron chi connectivity index (χ3n) is 4.59. The molecule has 112 valence electrons. The van der Waals surface area contributed by atoms with Gasteiger partial charge >= 0.3 is 0 Å². The van der Waals surface area contributed by atoms with Crippen molar-refractivity contribution in [2.75, 3.05) is 18.8 Å². The average Bonchev–Trinajstić information content (AvgIpc) is 2.83. The third-order valence-corrected chi connectivity index (χ3v) is 6.08. The van der Waals surface area contributed by atoms with Crippen LogP contribution in [0.2, 0.25) is 0 Å². The van der Waals surface area contributed by atoms with Crippen molar-refractivity contribution < 1.29 is 8.42 Å². The normalized spacial score (nSPS) is 32.6.